The first kappa shape index (κ1) is 13.6. The van der Waals surface area contributed by atoms with Gasteiger partial charge in [-0.1, -0.05) is 0 Å². The second-order valence-corrected chi connectivity index (χ2v) is 5.61. The summed E-state index contributed by atoms with van der Waals surface area (Å²) in [5.74, 6) is 1.05. The fraction of sp³-hybridized carbons (Fsp3) is 0.667. The van der Waals surface area contributed by atoms with Gasteiger partial charge in [0.05, 0.1) is 32.5 Å². The second-order valence-electron chi connectivity index (χ2n) is 5.61. The number of morpholine rings is 2. The van der Waals surface area contributed by atoms with E-state index in [1.165, 1.54) is 5.69 Å². The molecular weight excluding hydrogens is 254 g/mol. The molecule has 0 N–H and O–H groups in total. The molecule has 5 nitrogen and oxygen atoms in total. The minimum Gasteiger partial charge on any atom is -0.377 e. The molecule has 3 rings (SSSR count). The van der Waals surface area contributed by atoms with Crippen LogP contribution >= 0.6 is 0 Å². The van der Waals surface area contributed by atoms with Crippen LogP contribution in [0.25, 0.3) is 0 Å². The highest BCUT2D eigenvalue weighted by Crippen LogP contribution is 2.25. The normalized spacial score (nSPS) is 27.7. The van der Waals surface area contributed by atoms with Crippen molar-refractivity contribution in [2.75, 3.05) is 49.3 Å². The van der Waals surface area contributed by atoms with Crippen LogP contribution in [-0.4, -0.2) is 56.6 Å². The monoisotopic (exact) mass is 277 g/mol. The maximum Gasteiger partial charge on any atom is 0.130 e. The van der Waals surface area contributed by atoms with Crippen LogP contribution in [0, 0.1) is 0 Å². The molecular formula is C15H23N3O2. The minimum absolute atomic E-state index is 0.383. The third-order valence-electron chi connectivity index (χ3n) is 4.09. The van der Waals surface area contributed by atoms with E-state index in [-0.39, 0.29) is 0 Å². The van der Waals surface area contributed by atoms with E-state index in [1.807, 2.05) is 6.20 Å². The third kappa shape index (κ3) is 2.74. The first-order chi connectivity index (χ1) is 9.75. The van der Waals surface area contributed by atoms with Gasteiger partial charge in [0.1, 0.15) is 5.82 Å². The largest absolute Gasteiger partial charge is 0.377 e. The first-order valence-electron chi connectivity index (χ1n) is 7.40. The maximum absolute atomic E-state index is 5.51. The molecule has 5 heteroatoms. The van der Waals surface area contributed by atoms with Gasteiger partial charge in [-0.2, -0.15) is 0 Å². The van der Waals surface area contributed by atoms with E-state index < -0.39 is 0 Å². The zero-order chi connectivity index (χ0) is 13.9. The number of ether oxygens (including phenoxy) is 2. The first-order valence-corrected chi connectivity index (χ1v) is 7.40. The zero-order valence-corrected chi connectivity index (χ0v) is 12.3. The van der Waals surface area contributed by atoms with E-state index in [0.29, 0.717) is 12.1 Å². The van der Waals surface area contributed by atoms with Crippen molar-refractivity contribution < 1.29 is 9.47 Å². The van der Waals surface area contributed by atoms with Gasteiger partial charge in [-0.05, 0) is 19.9 Å². The van der Waals surface area contributed by atoms with Crippen LogP contribution in [0.2, 0.25) is 0 Å². The smallest absolute Gasteiger partial charge is 0.130 e. The Morgan fingerprint density at radius 2 is 1.70 bits per heavy atom. The minimum atomic E-state index is 0.383. The van der Waals surface area contributed by atoms with E-state index in [0.717, 1.165) is 45.3 Å². The van der Waals surface area contributed by atoms with Crippen molar-refractivity contribution in [1.29, 1.82) is 0 Å². The van der Waals surface area contributed by atoms with E-state index in [4.69, 9.17) is 9.47 Å². The van der Waals surface area contributed by atoms with Crippen LogP contribution in [0.4, 0.5) is 11.5 Å². The van der Waals surface area contributed by atoms with Crippen LogP contribution < -0.4 is 9.80 Å². The topological polar surface area (TPSA) is 37.8 Å². The maximum atomic E-state index is 5.51. The van der Waals surface area contributed by atoms with Crippen LogP contribution in [0.3, 0.4) is 0 Å². The second kappa shape index (κ2) is 5.97. The van der Waals surface area contributed by atoms with E-state index in [1.54, 1.807) is 0 Å². The predicted molar refractivity (Wildman–Crippen MR) is 79.5 cm³/mol. The van der Waals surface area contributed by atoms with Crippen molar-refractivity contribution in [2.45, 2.75) is 25.9 Å². The number of hydrogen-bond acceptors (Lipinski definition) is 5. The molecule has 3 heterocycles. The molecule has 2 aliphatic heterocycles. The molecule has 0 spiro atoms. The molecule has 0 aliphatic carbocycles. The van der Waals surface area contributed by atoms with Gasteiger partial charge in [-0.3, -0.25) is 0 Å². The molecule has 0 unspecified atom stereocenters. The Hall–Kier alpha value is -1.33. The SMILES string of the molecule is C[C@H]1COCCN1c1ccnc(N2CCOC[C@@H]2C)c1. The van der Waals surface area contributed by atoms with Gasteiger partial charge in [0, 0.05) is 37.1 Å². The summed E-state index contributed by atoms with van der Waals surface area (Å²) in [6, 6.07) is 5.09. The Labute approximate surface area is 120 Å². The molecule has 2 atom stereocenters. The van der Waals surface area contributed by atoms with E-state index in [9.17, 15) is 0 Å². The highest BCUT2D eigenvalue weighted by atomic mass is 16.5. The van der Waals surface area contributed by atoms with Crippen LogP contribution in [0.15, 0.2) is 18.3 Å². The lowest BCUT2D eigenvalue weighted by atomic mass is 10.2. The molecule has 1 aromatic heterocycles. The van der Waals surface area contributed by atoms with Gasteiger partial charge < -0.3 is 19.3 Å². The molecule has 0 radical (unpaired) electrons. The zero-order valence-electron chi connectivity index (χ0n) is 12.3. The Kier molecular flexibility index (Phi) is 4.08. The number of nitrogens with zero attached hydrogens (tertiary/aromatic N) is 3. The van der Waals surface area contributed by atoms with Crippen LogP contribution in [-0.2, 0) is 9.47 Å². The summed E-state index contributed by atoms with van der Waals surface area (Å²) < 4.78 is 11.0. The number of rotatable bonds is 2. The van der Waals surface area contributed by atoms with E-state index >= 15 is 0 Å². The number of anilines is 2. The van der Waals surface area contributed by atoms with Gasteiger partial charge in [-0.25, -0.2) is 4.98 Å². The van der Waals surface area contributed by atoms with Crippen molar-refractivity contribution in [3.63, 3.8) is 0 Å². The van der Waals surface area contributed by atoms with Crippen molar-refractivity contribution in [3.05, 3.63) is 18.3 Å². The standard InChI is InChI=1S/C15H23N3O2/c1-12-10-19-7-5-17(12)14-3-4-16-15(9-14)18-6-8-20-11-13(18)2/h3-4,9,12-13H,5-8,10-11H2,1-2H3/t12-,13-/m0/s1. The molecule has 2 fully saturated rings. The fourth-order valence-electron chi connectivity index (χ4n) is 2.92. The summed E-state index contributed by atoms with van der Waals surface area (Å²) in [7, 11) is 0. The highest BCUT2D eigenvalue weighted by molar-refractivity contribution is 5.56. The average molecular weight is 277 g/mol. The van der Waals surface area contributed by atoms with Crippen LogP contribution in [0.5, 0.6) is 0 Å². The molecule has 110 valence electrons. The Bertz CT molecular complexity index is 417. The Balaban J connectivity index is 1.81. The molecule has 20 heavy (non-hydrogen) atoms. The molecule has 2 aliphatic rings. The number of aromatic nitrogens is 1. The average Bonchev–Trinajstić information content (AvgIpc) is 2.48. The van der Waals surface area contributed by atoms with Crippen LogP contribution in [0.1, 0.15) is 13.8 Å². The summed E-state index contributed by atoms with van der Waals surface area (Å²) in [5, 5.41) is 0. The van der Waals surface area contributed by atoms with Gasteiger partial charge in [0.15, 0.2) is 0 Å². The van der Waals surface area contributed by atoms with Crippen molar-refractivity contribution in [2.24, 2.45) is 0 Å². The van der Waals surface area contributed by atoms with Gasteiger partial charge in [0.25, 0.3) is 0 Å². The van der Waals surface area contributed by atoms with Gasteiger partial charge in [-0.15, -0.1) is 0 Å². The van der Waals surface area contributed by atoms with Crippen molar-refractivity contribution >= 4 is 11.5 Å². The van der Waals surface area contributed by atoms with Gasteiger partial charge >= 0.3 is 0 Å². The third-order valence-corrected chi connectivity index (χ3v) is 4.09. The summed E-state index contributed by atoms with van der Waals surface area (Å²) in [4.78, 5) is 9.28. The quantitative estimate of drug-likeness (QED) is 0.819. The molecule has 0 aromatic carbocycles. The molecule has 0 amide bonds. The number of hydrogen-bond donors (Lipinski definition) is 0. The van der Waals surface area contributed by atoms with E-state index in [2.05, 4.69) is 40.8 Å². The molecule has 0 saturated carbocycles. The van der Waals surface area contributed by atoms with Crippen molar-refractivity contribution in [3.8, 4) is 0 Å². The predicted octanol–water partition coefficient (Wildman–Crippen LogP) is 1.53. The Morgan fingerprint density at radius 1 is 1.05 bits per heavy atom. The lowest BCUT2D eigenvalue weighted by Crippen LogP contribution is -2.45. The molecule has 0 bridgehead atoms. The lowest BCUT2D eigenvalue weighted by molar-refractivity contribution is 0.0980. The lowest BCUT2D eigenvalue weighted by Gasteiger charge is -2.37. The number of pyridine rings is 1. The molecule has 2 saturated heterocycles. The fourth-order valence-corrected chi connectivity index (χ4v) is 2.92. The summed E-state index contributed by atoms with van der Waals surface area (Å²) in [5.41, 5.74) is 1.24. The van der Waals surface area contributed by atoms with Crippen molar-refractivity contribution in [1.82, 2.24) is 4.98 Å². The van der Waals surface area contributed by atoms with Gasteiger partial charge in [0.2, 0.25) is 0 Å². The molecule has 1 aromatic rings. The summed E-state index contributed by atoms with van der Waals surface area (Å²) in [6.45, 7) is 9.41. The summed E-state index contributed by atoms with van der Waals surface area (Å²) >= 11 is 0. The highest BCUT2D eigenvalue weighted by Gasteiger charge is 2.23. The summed E-state index contributed by atoms with van der Waals surface area (Å²) in [6.07, 6.45) is 1.91. The Morgan fingerprint density at radius 3 is 2.35 bits per heavy atom.